The lowest BCUT2D eigenvalue weighted by atomic mass is 10.1. The molecule has 11 heteroatoms. The summed E-state index contributed by atoms with van der Waals surface area (Å²) in [5.74, 6) is -0.0886. The number of carbonyl (C=O) groups excluding carboxylic acids is 1. The molecule has 0 radical (unpaired) electrons. The number of nitro benzene ring substituents is 2. The summed E-state index contributed by atoms with van der Waals surface area (Å²) in [5.41, 5.74) is 2.71. The Bertz CT molecular complexity index is 1400. The molecular weight excluding hydrogens is 472 g/mol. The number of aliphatic imine (C=N–C) groups is 1. The normalized spacial score (nSPS) is 15.3. The first kappa shape index (κ1) is 23.6. The summed E-state index contributed by atoms with van der Waals surface area (Å²) in [5, 5.41) is 25.4. The number of benzene rings is 3. The summed E-state index contributed by atoms with van der Waals surface area (Å²) in [7, 11) is 0. The second kappa shape index (κ2) is 9.77. The van der Waals surface area contributed by atoms with Crippen LogP contribution in [0, 0.1) is 34.1 Å². The van der Waals surface area contributed by atoms with E-state index >= 15 is 0 Å². The molecule has 4 rings (SSSR count). The highest BCUT2D eigenvalue weighted by atomic mass is 32.2. The number of amidine groups is 1. The van der Waals surface area contributed by atoms with Gasteiger partial charge in [0.15, 0.2) is 5.17 Å². The van der Waals surface area contributed by atoms with Crippen molar-refractivity contribution in [3.8, 4) is 11.5 Å². The number of ether oxygens (including phenoxy) is 1. The van der Waals surface area contributed by atoms with Gasteiger partial charge < -0.3 is 10.1 Å². The fourth-order valence-electron chi connectivity index (χ4n) is 3.37. The van der Waals surface area contributed by atoms with E-state index in [1.807, 2.05) is 32.0 Å². The van der Waals surface area contributed by atoms with E-state index in [0.717, 1.165) is 28.9 Å². The number of aryl methyl sites for hydroxylation is 2. The first-order valence-electron chi connectivity index (χ1n) is 10.3. The highest BCUT2D eigenvalue weighted by molar-refractivity contribution is 8.18. The maximum absolute atomic E-state index is 12.4. The van der Waals surface area contributed by atoms with Gasteiger partial charge in [0.25, 0.3) is 11.6 Å². The number of hydrogen-bond donors (Lipinski definition) is 1. The number of non-ortho nitro benzene ring substituents is 1. The monoisotopic (exact) mass is 490 g/mol. The number of carbonyl (C=O) groups is 1. The van der Waals surface area contributed by atoms with E-state index in [9.17, 15) is 25.0 Å². The fraction of sp³-hybridized carbons (Fsp3) is 0.0833. The van der Waals surface area contributed by atoms with Gasteiger partial charge in [-0.05, 0) is 78.7 Å². The van der Waals surface area contributed by atoms with Crippen LogP contribution in [0.1, 0.15) is 16.7 Å². The second-order valence-corrected chi connectivity index (χ2v) is 8.70. The smallest absolute Gasteiger partial charge is 0.318 e. The van der Waals surface area contributed by atoms with Gasteiger partial charge in [-0.25, -0.2) is 4.99 Å². The Kier molecular flexibility index (Phi) is 6.60. The van der Waals surface area contributed by atoms with Crippen LogP contribution in [0.5, 0.6) is 11.5 Å². The molecule has 1 N–H and O–H groups in total. The number of thioether (sulfide) groups is 1. The number of rotatable bonds is 6. The lowest BCUT2D eigenvalue weighted by Gasteiger charge is -2.06. The van der Waals surface area contributed by atoms with Crippen LogP contribution in [0.2, 0.25) is 0 Å². The number of nitrogens with one attached hydrogen (secondary N) is 1. The molecule has 35 heavy (non-hydrogen) atoms. The Morgan fingerprint density at radius 1 is 0.943 bits per heavy atom. The molecule has 3 aromatic rings. The van der Waals surface area contributed by atoms with Gasteiger partial charge in [0, 0.05) is 6.07 Å². The van der Waals surface area contributed by atoms with Crippen LogP contribution in [0.4, 0.5) is 17.1 Å². The van der Waals surface area contributed by atoms with Crippen molar-refractivity contribution < 1.29 is 19.4 Å². The van der Waals surface area contributed by atoms with E-state index in [-0.39, 0.29) is 11.7 Å². The Morgan fingerprint density at radius 3 is 2.26 bits per heavy atom. The standard InChI is InChI=1S/C24H18N4O6S/c1-14-9-15(2)11-17(10-14)25-24-26-23(29)22(35-24)12-16-3-6-19(7-4-16)34-21-8-5-18(27(30)31)13-20(21)28(32)33/h3-13H,1-2H3,(H,25,26,29). The van der Waals surface area contributed by atoms with Crippen molar-refractivity contribution in [3.05, 3.63) is 102 Å². The van der Waals surface area contributed by atoms with Gasteiger partial charge in [-0.2, -0.15) is 0 Å². The van der Waals surface area contributed by atoms with Gasteiger partial charge in [-0.1, -0.05) is 18.2 Å². The molecule has 0 aliphatic carbocycles. The summed E-state index contributed by atoms with van der Waals surface area (Å²) in [4.78, 5) is 38.1. The first-order chi connectivity index (χ1) is 16.7. The van der Waals surface area contributed by atoms with E-state index in [1.54, 1.807) is 30.3 Å². The van der Waals surface area contributed by atoms with E-state index < -0.39 is 21.2 Å². The quantitative estimate of drug-likeness (QED) is 0.262. The molecule has 0 saturated carbocycles. The molecule has 1 aliphatic rings. The number of nitro groups is 2. The number of amides is 1. The predicted molar refractivity (Wildman–Crippen MR) is 133 cm³/mol. The summed E-state index contributed by atoms with van der Waals surface area (Å²) in [6, 6.07) is 15.6. The van der Waals surface area contributed by atoms with Gasteiger partial charge in [0.2, 0.25) is 5.75 Å². The lowest BCUT2D eigenvalue weighted by Crippen LogP contribution is -2.19. The number of hydrogen-bond acceptors (Lipinski definition) is 8. The highest BCUT2D eigenvalue weighted by Crippen LogP contribution is 2.35. The van der Waals surface area contributed by atoms with Crippen LogP contribution in [-0.2, 0) is 4.79 Å². The summed E-state index contributed by atoms with van der Waals surface area (Å²) in [6.07, 6.45) is 1.70. The molecule has 0 spiro atoms. The molecule has 10 nitrogen and oxygen atoms in total. The van der Waals surface area contributed by atoms with Gasteiger partial charge in [0.05, 0.1) is 26.5 Å². The van der Waals surface area contributed by atoms with Gasteiger partial charge >= 0.3 is 5.69 Å². The Labute approximate surface area is 203 Å². The topological polar surface area (TPSA) is 137 Å². The first-order valence-corrected chi connectivity index (χ1v) is 11.1. The average Bonchev–Trinajstić information content (AvgIpc) is 3.12. The average molecular weight is 490 g/mol. The van der Waals surface area contributed by atoms with Gasteiger partial charge in [-0.15, -0.1) is 0 Å². The van der Waals surface area contributed by atoms with E-state index in [0.29, 0.717) is 21.4 Å². The van der Waals surface area contributed by atoms with Gasteiger partial charge in [0.1, 0.15) is 5.75 Å². The zero-order valence-corrected chi connectivity index (χ0v) is 19.4. The Morgan fingerprint density at radius 2 is 1.63 bits per heavy atom. The predicted octanol–water partition coefficient (Wildman–Crippen LogP) is 5.80. The molecule has 0 unspecified atom stereocenters. The molecule has 1 fully saturated rings. The molecule has 3 aromatic carbocycles. The molecule has 1 heterocycles. The maximum atomic E-state index is 12.4. The molecule has 1 amide bonds. The van der Waals surface area contributed by atoms with Crippen LogP contribution in [0.25, 0.3) is 6.08 Å². The minimum atomic E-state index is -0.742. The van der Waals surface area contributed by atoms with Crippen molar-refractivity contribution in [1.29, 1.82) is 0 Å². The Balaban J connectivity index is 1.50. The van der Waals surface area contributed by atoms with Crippen molar-refractivity contribution in [2.75, 3.05) is 0 Å². The third kappa shape index (κ3) is 5.71. The summed E-state index contributed by atoms with van der Waals surface area (Å²) in [6.45, 7) is 3.96. The molecule has 176 valence electrons. The minimum absolute atomic E-state index is 0.121. The van der Waals surface area contributed by atoms with E-state index in [1.165, 1.54) is 17.8 Å². The van der Waals surface area contributed by atoms with Crippen molar-refractivity contribution in [2.24, 2.45) is 4.99 Å². The largest absolute Gasteiger partial charge is 0.450 e. The van der Waals surface area contributed by atoms with Crippen LogP contribution in [-0.4, -0.2) is 20.9 Å². The Hall–Kier alpha value is -4.51. The summed E-state index contributed by atoms with van der Waals surface area (Å²) < 4.78 is 5.57. The lowest BCUT2D eigenvalue weighted by molar-refractivity contribution is -0.394. The van der Waals surface area contributed by atoms with Crippen LogP contribution in [0.15, 0.2) is 70.6 Å². The van der Waals surface area contributed by atoms with Crippen molar-refractivity contribution in [1.82, 2.24) is 5.32 Å². The maximum Gasteiger partial charge on any atom is 0.318 e. The number of nitrogens with zero attached hydrogens (tertiary/aromatic N) is 3. The molecule has 0 atom stereocenters. The van der Waals surface area contributed by atoms with Crippen LogP contribution in [0.3, 0.4) is 0 Å². The van der Waals surface area contributed by atoms with Crippen LogP contribution >= 0.6 is 11.8 Å². The SMILES string of the molecule is Cc1cc(C)cc(N=C2NC(=O)C(=Cc3ccc(Oc4ccc([N+](=O)[O-])cc4[N+](=O)[O-])cc3)S2)c1. The van der Waals surface area contributed by atoms with Crippen molar-refractivity contribution in [2.45, 2.75) is 13.8 Å². The molecule has 0 aromatic heterocycles. The zero-order chi connectivity index (χ0) is 25.1. The molecule has 1 saturated heterocycles. The zero-order valence-electron chi connectivity index (χ0n) is 18.6. The van der Waals surface area contributed by atoms with E-state index in [4.69, 9.17) is 4.74 Å². The van der Waals surface area contributed by atoms with E-state index in [2.05, 4.69) is 10.3 Å². The third-order valence-electron chi connectivity index (χ3n) is 4.84. The minimum Gasteiger partial charge on any atom is -0.450 e. The fourth-order valence-corrected chi connectivity index (χ4v) is 4.21. The molecule has 1 aliphatic heterocycles. The summed E-state index contributed by atoms with van der Waals surface area (Å²) >= 11 is 1.22. The molecular formula is C24H18N4O6S. The highest BCUT2D eigenvalue weighted by Gasteiger charge is 2.24. The van der Waals surface area contributed by atoms with Crippen molar-refractivity contribution >= 4 is 46.0 Å². The van der Waals surface area contributed by atoms with Crippen LogP contribution < -0.4 is 10.1 Å². The van der Waals surface area contributed by atoms with Gasteiger partial charge in [-0.3, -0.25) is 25.0 Å². The van der Waals surface area contributed by atoms with Crippen molar-refractivity contribution in [3.63, 3.8) is 0 Å². The third-order valence-corrected chi connectivity index (χ3v) is 5.75. The second-order valence-electron chi connectivity index (χ2n) is 7.66. The molecule has 0 bridgehead atoms.